The predicted molar refractivity (Wildman–Crippen MR) is 69.1 cm³/mol. The van der Waals surface area contributed by atoms with Crippen LogP contribution in [0.2, 0.25) is 0 Å². The smallest absolute Gasteiger partial charge is 0.120 e. The molecule has 0 aliphatic heterocycles. The quantitative estimate of drug-likeness (QED) is 0.773. The lowest BCUT2D eigenvalue weighted by molar-refractivity contribution is 0.126. The van der Waals surface area contributed by atoms with E-state index in [9.17, 15) is 0 Å². The first-order chi connectivity index (χ1) is 8.63. The number of ether oxygens (including phenoxy) is 1. The van der Waals surface area contributed by atoms with Crippen molar-refractivity contribution >= 4 is 0 Å². The lowest BCUT2D eigenvalue weighted by atomic mass is 10.2. The van der Waals surface area contributed by atoms with Crippen LogP contribution in [-0.4, -0.2) is 48.0 Å². The van der Waals surface area contributed by atoms with Gasteiger partial charge in [-0.25, -0.2) is 0 Å². The minimum Gasteiger partial charge on any atom is -0.395 e. The van der Waals surface area contributed by atoms with E-state index < -0.39 is 0 Å². The molecule has 0 saturated heterocycles. The van der Waals surface area contributed by atoms with Gasteiger partial charge in [-0.2, -0.15) is 5.26 Å². The van der Waals surface area contributed by atoms with Crippen LogP contribution in [0.15, 0.2) is 6.07 Å². The zero-order valence-corrected chi connectivity index (χ0v) is 11.3. The third-order valence-corrected chi connectivity index (χ3v) is 3.18. The van der Waals surface area contributed by atoms with Crippen molar-refractivity contribution in [1.82, 2.24) is 9.47 Å². The van der Waals surface area contributed by atoms with Crippen LogP contribution in [-0.2, 0) is 18.3 Å². The summed E-state index contributed by atoms with van der Waals surface area (Å²) in [4.78, 5) is 2.12. The van der Waals surface area contributed by atoms with E-state index in [1.54, 1.807) is 7.11 Å². The molecule has 1 aromatic rings. The zero-order valence-electron chi connectivity index (χ0n) is 11.3. The number of aliphatic hydroxyl groups excluding tert-OH is 1. The SMILES string of the molecule is COCCN(CCO)Cc1cc(C#N)n(C)c1C. The van der Waals surface area contributed by atoms with Crippen molar-refractivity contribution < 1.29 is 9.84 Å². The van der Waals surface area contributed by atoms with E-state index in [-0.39, 0.29) is 6.61 Å². The molecule has 0 amide bonds. The average Bonchev–Trinajstić information content (AvgIpc) is 2.64. The summed E-state index contributed by atoms with van der Waals surface area (Å²) in [5.41, 5.74) is 2.88. The van der Waals surface area contributed by atoms with E-state index in [0.717, 1.165) is 24.3 Å². The first-order valence-electron chi connectivity index (χ1n) is 6.01. The standard InChI is InChI=1S/C13H21N3O2/c1-11-12(8-13(9-14)15(11)2)10-16(4-6-17)5-7-18-3/h8,17H,4-7,10H2,1-3H3. The van der Waals surface area contributed by atoms with Gasteiger partial charge in [-0.05, 0) is 18.6 Å². The van der Waals surface area contributed by atoms with Gasteiger partial charge in [-0.15, -0.1) is 0 Å². The van der Waals surface area contributed by atoms with Crippen LogP contribution in [0.3, 0.4) is 0 Å². The van der Waals surface area contributed by atoms with Gasteiger partial charge in [-0.3, -0.25) is 4.90 Å². The largest absolute Gasteiger partial charge is 0.395 e. The maximum absolute atomic E-state index is 9.05. The minimum absolute atomic E-state index is 0.126. The van der Waals surface area contributed by atoms with Crippen LogP contribution in [0.4, 0.5) is 0 Å². The Morgan fingerprint density at radius 3 is 2.72 bits per heavy atom. The molecule has 1 heterocycles. The molecular formula is C13H21N3O2. The molecule has 0 radical (unpaired) electrons. The van der Waals surface area contributed by atoms with Gasteiger partial charge in [0, 0.05) is 39.5 Å². The number of aromatic nitrogens is 1. The van der Waals surface area contributed by atoms with E-state index in [1.807, 2.05) is 24.6 Å². The number of methoxy groups -OCH3 is 1. The predicted octanol–water partition coefficient (Wildman–Crippen LogP) is 0.646. The van der Waals surface area contributed by atoms with Crippen molar-refractivity contribution in [2.24, 2.45) is 7.05 Å². The lowest BCUT2D eigenvalue weighted by Gasteiger charge is -2.20. The summed E-state index contributed by atoms with van der Waals surface area (Å²) in [6.07, 6.45) is 0. The monoisotopic (exact) mass is 251 g/mol. The molecule has 18 heavy (non-hydrogen) atoms. The Balaban J connectivity index is 2.77. The zero-order chi connectivity index (χ0) is 13.5. The Bertz CT molecular complexity index is 421. The van der Waals surface area contributed by atoms with Crippen molar-refractivity contribution in [3.63, 3.8) is 0 Å². The number of aliphatic hydroxyl groups is 1. The average molecular weight is 251 g/mol. The highest BCUT2D eigenvalue weighted by Gasteiger charge is 2.12. The fourth-order valence-electron chi connectivity index (χ4n) is 1.90. The lowest BCUT2D eigenvalue weighted by Crippen LogP contribution is -2.30. The number of nitrogens with zero attached hydrogens (tertiary/aromatic N) is 3. The number of hydrogen-bond acceptors (Lipinski definition) is 4. The molecule has 5 heteroatoms. The van der Waals surface area contributed by atoms with Crippen molar-refractivity contribution in [2.75, 3.05) is 33.4 Å². The molecule has 0 atom stereocenters. The molecule has 0 bridgehead atoms. The van der Waals surface area contributed by atoms with E-state index in [4.69, 9.17) is 15.1 Å². The molecule has 0 fully saturated rings. The van der Waals surface area contributed by atoms with E-state index in [0.29, 0.717) is 18.8 Å². The Morgan fingerprint density at radius 2 is 2.22 bits per heavy atom. The Kier molecular flexibility index (Phi) is 5.86. The summed E-state index contributed by atoms with van der Waals surface area (Å²) in [5.74, 6) is 0. The normalized spacial score (nSPS) is 10.9. The number of rotatable bonds is 7. The van der Waals surface area contributed by atoms with Gasteiger partial charge in [0.2, 0.25) is 0 Å². The summed E-state index contributed by atoms with van der Waals surface area (Å²) in [7, 11) is 3.56. The van der Waals surface area contributed by atoms with Gasteiger partial charge in [0.25, 0.3) is 0 Å². The van der Waals surface area contributed by atoms with Crippen molar-refractivity contribution in [1.29, 1.82) is 5.26 Å². The summed E-state index contributed by atoms with van der Waals surface area (Å²) in [6.45, 7) is 4.87. The highest BCUT2D eigenvalue weighted by Crippen LogP contribution is 2.15. The first kappa shape index (κ1) is 14.7. The van der Waals surface area contributed by atoms with Crippen molar-refractivity contribution in [3.8, 4) is 6.07 Å². The van der Waals surface area contributed by atoms with Gasteiger partial charge in [0.15, 0.2) is 0 Å². The maximum atomic E-state index is 9.05. The summed E-state index contributed by atoms with van der Waals surface area (Å²) in [6, 6.07) is 4.08. The molecule has 1 rings (SSSR count). The first-order valence-corrected chi connectivity index (χ1v) is 6.01. The third-order valence-electron chi connectivity index (χ3n) is 3.18. The second-order valence-corrected chi connectivity index (χ2v) is 4.30. The van der Waals surface area contributed by atoms with Crippen LogP contribution in [0, 0.1) is 18.3 Å². The van der Waals surface area contributed by atoms with Gasteiger partial charge < -0.3 is 14.4 Å². The van der Waals surface area contributed by atoms with Crippen molar-refractivity contribution in [3.05, 3.63) is 23.0 Å². The van der Waals surface area contributed by atoms with Crippen LogP contribution in [0.25, 0.3) is 0 Å². The highest BCUT2D eigenvalue weighted by atomic mass is 16.5. The van der Waals surface area contributed by atoms with Crippen LogP contribution < -0.4 is 0 Å². The molecule has 0 unspecified atom stereocenters. The van der Waals surface area contributed by atoms with Crippen LogP contribution in [0.5, 0.6) is 0 Å². The van der Waals surface area contributed by atoms with Gasteiger partial charge in [0.1, 0.15) is 11.8 Å². The minimum atomic E-state index is 0.126. The van der Waals surface area contributed by atoms with Gasteiger partial charge in [0.05, 0.1) is 13.2 Å². The van der Waals surface area contributed by atoms with Crippen LogP contribution in [0.1, 0.15) is 17.0 Å². The molecule has 0 saturated carbocycles. The fraction of sp³-hybridized carbons (Fsp3) is 0.615. The summed E-state index contributed by atoms with van der Waals surface area (Å²) in [5, 5.41) is 18.0. The summed E-state index contributed by atoms with van der Waals surface area (Å²) < 4.78 is 6.95. The van der Waals surface area contributed by atoms with Gasteiger partial charge >= 0.3 is 0 Å². The second kappa shape index (κ2) is 7.17. The molecule has 0 aliphatic rings. The fourth-order valence-corrected chi connectivity index (χ4v) is 1.90. The summed E-state index contributed by atoms with van der Waals surface area (Å²) >= 11 is 0. The Labute approximate surface area is 108 Å². The molecule has 0 aromatic carbocycles. The molecule has 0 spiro atoms. The molecule has 1 aromatic heterocycles. The topological polar surface area (TPSA) is 61.4 Å². The molecule has 0 aliphatic carbocycles. The Morgan fingerprint density at radius 1 is 1.50 bits per heavy atom. The second-order valence-electron chi connectivity index (χ2n) is 4.30. The number of nitriles is 1. The molecule has 100 valence electrons. The highest BCUT2D eigenvalue weighted by molar-refractivity contribution is 5.34. The maximum Gasteiger partial charge on any atom is 0.120 e. The van der Waals surface area contributed by atoms with Gasteiger partial charge in [-0.1, -0.05) is 0 Å². The third kappa shape index (κ3) is 3.57. The molecular weight excluding hydrogens is 230 g/mol. The van der Waals surface area contributed by atoms with E-state index in [2.05, 4.69) is 11.0 Å². The number of hydrogen-bond donors (Lipinski definition) is 1. The van der Waals surface area contributed by atoms with E-state index >= 15 is 0 Å². The van der Waals surface area contributed by atoms with Crippen LogP contribution >= 0.6 is 0 Å². The van der Waals surface area contributed by atoms with Crippen molar-refractivity contribution in [2.45, 2.75) is 13.5 Å². The molecule has 1 N–H and O–H groups in total. The van der Waals surface area contributed by atoms with E-state index in [1.165, 1.54) is 0 Å². The molecule has 5 nitrogen and oxygen atoms in total. The Hall–Kier alpha value is -1.35.